The highest BCUT2D eigenvalue weighted by molar-refractivity contribution is 5.82. The molecule has 1 amide bonds. The smallest absolute Gasteiger partial charge is 0.221 e. The van der Waals surface area contributed by atoms with E-state index in [0.29, 0.717) is 108 Å². The van der Waals surface area contributed by atoms with Gasteiger partial charge >= 0.3 is 0 Å². The number of nitrogens with two attached hydrogens (primary N) is 5. The molecule has 0 aliphatic rings. The van der Waals surface area contributed by atoms with E-state index in [4.69, 9.17) is 44.9 Å². The Kier molecular flexibility index (Phi) is 20.2. The van der Waals surface area contributed by atoms with Crippen molar-refractivity contribution in [3.8, 4) is 0 Å². The molecular formula is C30H57N11O. The Bertz CT molecular complexity index is 900. The first-order chi connectivity index (χ1) is 20.2. The topological polar surface area (TPSA) is 237 Å². The minimum absolute atomic E-state index is 0.0315. The van der Waals surface area contributed by atoms with E-state index in [9.17, 15) is 4.79 Å². The Labute approximate surface area is 252 Å². The van der Waals surface area contributed by atoms with E-state index in [-0.39, 0.29) is 11.8 Å². The van der Waals surface area contributed by atoms with Crippen molar-refractivity contribution in [1.82, 2.24) is 15.1 Å². The molecule has 0 aromatic heterocycles. The number of carbonyl (C=O) groups excluding carboxylic acids is 1. The number of nitrogens with one attached hydrogen (secondary N) is 4. The maximum atomic E-state index is 12.4. The number of amides is 1. The lowest BCUT2D eigenvalue weighted by Gasteiger charge is -2.32. The molecule has 0 fully saturated rings. The van der Waals surface area contributed by atoms with Gasteiger partial charge in [-0.05, 0) is 88.2 Å². The molecule has 0 aliphatic heterocycles. The summed E-state index contributed by atoms with van der Waals surface area (Å²) in [7, 11) is 0. The fourth-order valence-corrected chi connectivity index (χ4v) is 4.83. The van der Waals surface area contributed by atoms with Crippen LogP contribution in [0.1, 0.15) is 50.5 Å². The third-order valence-electron chi connectivity index (χ3n) is 7.19. The van der Waals surface area contributed by atoms with Gasteiger partial charge in [0, 0.05) is 81.6 Å². The number of hydrogen-bond acceptors (Lipinski definition) is 11. The molecule has 0 aliphatic carbocycles. The molecule has 14 N–H and O–H groups in total. The maximum absolute atomic E-state index is 12.4. The van der Waals surface area contributed by atoms with Gasteiger partial charge < -0.3 is 60.0 Å². The van der Waals surface area contributed by atoms with Gasteiger partial charge in [-0.3, -0.25) is 4.79 Å². The lowest BCUT2D eigenvalue weighted by Crippen LogP contribution is -2.41. The zero-order valence-electron chi connectivity index (χ0n) is 25.5. The molecule has 0 saturated heterocycles. The van der Waals surface area contributed by atoms with Crippen LogP contribution in [0.25, 0.3) is 0 Å². The third kappa shape index (κ3) is 17.9. The van der Waals surface area contributed by atoms with Crippen molar-refractivity contribution in [2.75, 3.05) is 77.7 Å². The highest BCUT2D eigenvalue weighted by atomic mass is 16.1. The quantitative estimate of drug-likeness (QED) is 0.0553. The number of anilines is 1. The lowest BCUT2D eigenvalue weighted by atomic mass is 9.96. The normalized spacial score (nSPS) is 12.0. The van der Waals surface area contributed by atoms with Crippen LogP contribution in [0.3, 0.4) is 0 Å². The molecule has 1 aromatic rings. The largest absolute Gasteiger partial charge is 0.399 e. The minimum atomic E-state index is -0.0315. The molecule has 12 heteroatoms. The Hall–Kier alpha value is -2.74. The van der Waals surface area contributed by atoms with Crippen molar-refractivity contribution in [3.05, 3.63) is 29.8 Å². The number of hydrogen-bond donors (Lipinski definition) is 9. The van der Waals surface area contributed by atoms with Gasteiger partial charge in [0.25, 0.3) is 0 Å². The second kappa shape index (κ2) is 22.8. The zero-order valence-corrected chi connectivity index (χ0v) is 25.5. The van der Waals surface area contributed by atoms with Gasteiger partial charge in [-0.15, -0.1) is 0 Å². The summed E-state index contributed by atoms with van der Waals surface area (Å²) in [6.45, 7) is 6.42. The number of rotatable bonds is 26. The Morgan fingerprint density at radius 3 is 1.50 bits per heavy atom. The average molecular weight is 588 g/mol. The predicted molar refractivity (Wildman–Crippen MR) is 176 cm³/mol. The molecule has 0 heterocycles. The zero-order chi connectivity index (χ0) is 31.2. The van der Waals surface area contributed by atoms with E-state index < -0.39 is 0 Å². The van der Waals surface area contributed by atoms with Crippen LogP contribution in [-0.2, 0) is 11.2 Å². The van der Waals surface area contributed by atoms with Crippen molar-refractivity contribution in [1.29, 1.82) is 16.2 Å². The Morgan fingerprint density at radius 1 is 0.667 bits per heavy atom. The van der Waals surface area contributed by atoms with Gasteiger partial charge in [0.15, 0.2) is 0 Å². The molecule has 1 atom stereocenters. The molecule has 1 rings (SSSR count). The van der Waals surface area contributed by atoms with Crippen molar-refractivity contribution in [2.45, 2.75) is 51.4 Å². The number of benzene rings is 1. The molecule has 42 heavy (non-hydrogen) atoms. The van der Waals surface area contributed by atoms with E-state index >= 15 is 0 Å². The molecule has 12 nitrogen and oxygen atoms in total. The predicted octanol–water partition coefficient (Wildman–Crippen LogP) is 0.773. The first kappa shape index (κ1) is 37.3. The maximum Gasteiger partial charge on any atom is 0.221 e. The van der Waals surface area contributed by atoms with Crippen LogP contribution in [0.5, 0.6) is 0 Å². The van der Waals surface area contributed by atoms with Crippen molar-refractivity contribution < 1.29 is 4.79 Å². The van der Waals surface area contributed by atoms with Gasteiger partial charge in [-0.1, -0.05) is 12.1 Å². The van der Waals surface area contributed by atoms with E-state index in [1.54, 1.807) is 0 Å². The van der Waals surface area contributed by atoms with E-state index in [0.717, 1.165) is 38.3 Å². The van der Waals surface area contributed by atoms with Crippen LogP contribution in [0.4, 0.5) is 5.69 Å². The highest BCUT2D eigenvalue weighted by Crippen LogP contribution is 2.16. The first-order valence-corrected chi connectivity index (χ1v) is 15.3. The fraction of sp³-hybridized carbons (Fsp3) is 0.667. The lowest BCUT2D eigenvalue weighted by molar-refractivity contribution is -0.121. The molecule has 238 valence electrons. The number of nitrogens with zero attached hydrogens (tertiary/aromatic N) is 2. The molecule has 0 radical (unpaired) electrons. The molecule has 1 aromatic carbocycles. The molecule has 0 spiro atoms. The summed E-state index contributed by atoms with van der Waals surface area (Å²) in [4.78, 5) is 17.0. The fourth-order valence-electron chi connectivity index (χ4n) is 4.83. The molecule has 1 unspecified atom stereocenters. The van der Waals surface area contributed by atoms with Gasteiger partial charge in [0.05, 0.1) is 0 Å². The second-order valence-corrected chi connectivity index (χ2v) is 11.0. The van der Waals surface area contributed by atoms with Gasteiger partial charge in [0.1, 0.15) is 0 Å². The van der Waals surface area contributed by atoms with E-state index in [2.05, 4.69) is 27.2 Å². The van der Waals surface area contributed by atoms with E-state index in [1.165, 1.54) is 5.56 Å². The Balaban J connectivity index is 3.15. The summed E-state index contributed by atoms with van der Waals surface area (Å²) in [5.74, 6) is 0.174. The van der Waals surface area contributed by atoms with Crippen molar-refractivity contribution in [3.63, 3.8) is 0 Å². The van der Waals surface area contributed by atoms with Crippen LogP contribution in [0.2, 0.25) is 0 Å². The minimum Gasteiger partial charge on any atom is -0.399 e. The molecular weight excluding hydrogens is 530 g/mol. The molecule has 0 bridgehead atoms. The van der Waals surface area contributed by atoms with Gasteiger partial charge in [-0.25, -0.2) is 0 Å². The average Bonchev–Trinajstić information content (AvgIpc) is 2.96. The first-order valence-electron chi connectivity index (χ1n) is 15.3. The number of nitrogen functional groups attached to an aromatic ring is 1. The second-order valence-electron chi connectivity index (χ2n) is 11.0. The monoisotopic (exact) mass is 587 g/mol. The van der Waals surface area contributed by atoms with Gasteiger partial charge in [-0.2, -0.15) is 0 Å². The molecule has 0 saturated carbocycles. The van der Waals surface area contributed by atoms with Crippen LogP contribution in [0, 0.1) is 22.1 Å². The van der Waals surface area contributed by atoms with Crippen molar-refractivity contribution >= 4 is 28.7 Å². The highest BCUT2D eigenvalue weighted by Gasteiger charge is 2.20. The van der Waals surface area contributed by atoms with Crippen LogP contribution < -0.4 is 34.0 Å². The number of carbonyl (C=O) groups is 1. The van der Waals surface area contributed by atoms with Crippen LogP contribution in [0.15, 0.2) is 24.3 Å². The van der Waals surface area contributed by atoms with Crippen molar-refractivity contribution in [2.24, 2.45) is 28.9 Å². The summed E-state index contributed by atoms with van der Waals surface area (Å²) in [5, 5.41) is 27.7. The van der Waals surface area contributed by atoms with E-state index in [1.807, 2.05) is 12.1 Å². The summed E-state index contributed by atoms with van der Waals surface area (Å²) in [6.07, 6.45) is 4.78. The summed E-state index contributed by atoms with van der Waals surface area (Å²) in [5.41, 5.74) is 32.3. The standard InChI is InChI=1S/C30H57N11O/c31-12-5-27(36)8-17-40(18-9-28(37)6-13-32)22-25(21-24-1-3-26(35)4-2-24)23-41(19-10-29(38)7-14-33)20-11-30(42)39-16-15-34/h1-4,25,36-38H,5-23,31-35H2,(H,39,42). The third-order valence-corrected chi connectivity index (χ3v) is 7.19. The Morgan fingerprint density at radius 2 is 1.10 bits per heavy atom. The van der Waals surface area contributed by atoms with Crippen LogP contribution in [-0.4, -0.2) is 105 Å². The SMILES string of the molecule is N=C(CCN)CCN(CCC(=N)CCN)CC(Cc1ccc(N)cc1)CN(CCC(=N)CCN)CCC(=O)NCCN. The summed E-state index contributed by atoms with van der Waals surface area (Å²) in [6, 6.07) is 7.95. The summed E-state index contributed by atoms with van der Waals surface area (Å²) >= 11 is 0. The van der Waals surface area contributed by atoms with Crippen LogP contribution >= 0.6 is 0 Å². The van der Waals surface area contributed by atoms with Gasteiger partial charge in [0.2, 0.25) is 5.91 Å². The summed E-state index contributed by atoms with van der Waals surface area (Å²) < 4.78 is 0.